The molecule has 1 rings (SSSR count). The summed E-state index contributed by atoms with van der Waals surface area (Å²) in [5, 5.41) is 32.0. The van der Waals surface area contributed by atoms with E-state index < -0.39 is 28.2 Å². The van der Waals surface area contributed by atoms with Crippen LogP contribution in [0.2, 0.25) is 0 Å². The number of ether oxygens (including phenoxy) is 2. The lowest BCUT2D eigenvalue weighted by Crippen LogP contribution is -2.83. The van der Waals surface area contributed by atoms with Crippen LogP contribution in [0.1, 0.15) is 48.0 Å². The van der Waals surface area contributed by atoms with Gasteiger partial charge in [0.2, 0.25) is 0 Å². The third kappa shape index (κ3) is 1.51. The van der Waals surface area contributed by atoms with Crippen LogP contribution in [0.4, 0.5) is 0 Å². The molecule has 5 atom stereocenters. The van der Waals surface area contributed by atoms with Gasteiger partial charge in [-0.15, -0.1) is 0 Å². The Labute approximate surface area is 109 Å². The summed E-state index contributed by atoms with van der Waals surface area (Å²) in [5.74, 6) is -1.41. The number of hydrogen-bond acceptors (Lipinski definition) is 5. The van der Waals surface area contributed by atoms with E-state index in [0.29, 0.717) is 6.42 Å². The molecule has 0 aromatic rings. The molecule has 108 valence electrons. The molecule has 3 N–H and O–H groups in total. The molecule has 0 aromatic heterocycles. The standard InChI is InChI=1S/C13H26O5/c1-8-9(2)10(3,14)11(4,15)12(5,16)13(6,17-7)18-9/h14-16H,8H2,1-7H3. The first-order valence-corrected chi connectivity index (χ1v) is 6.25. The number of methoxy groups -OCH3 is 1. The maximum Gasteiger partial charge on any atom is 0.197 e. The molecule has 1 heterocycles. The summed E-state index contributed by atoms with van der Waals surface area (Å²) in [4.78, 5) is 0. The number of hydrogen-bond donors (Lipinski definition) is 3. The van der Waals surface area contributed by atoms with Crippen LogP contribution in [0.5, 0.6) is 0 Å². The van der Waals surface area contributed by atoms with E-state index in [9.17, 15) is 15.3 Å². The molecule has 0 amide bonds. The van der Waals surface area contributed by atoms with Gasteiger partial charge in [-0.3, -0.25) is 0 Å². The predicted octanol–water partition coefficient (Wildman–Crippen LogP) is 0.801. The third-order valence-electron chi connectivity index (χ3n) is 5.29. The second-order valence-corrected chi connectivity index (χ2v) is 6.05. The molecule has 0 bridgehead atoms. The molecule has 1 fully saturated rings. The number of aliphatic hydroxyl groups is 3. The average molecular weight is 262 g/mol. The highest BCUT2D eigenvalue weighted by Crippen LogP contribution is 2.54. The zero-order valence-corrected chi connectivity index (χ0v) is 12.4. The van der Waals surface area contributed by atoms with Gasteiger partial charge in [0.25, 0.3) is 0 Å². The predicted molar refractivity (Wildman–Crippen MR) is 67.1 cm³/mol. The van der Waals surface area contributed by atoms with Gasteiger partial charge >= 0.3 is 0 Å². The Morgan fingerprint density at radius 3 is 1.67 bits per heavy atom. The van der Waals surface area contributed by atoms with Crippen LogP contribution in [-0.2, 0) is 9.47 Å². The fourth-order valence-electron chi connectivity index (χ4n) is 2.72. The van der Waals surface area contributed by atoms with Gasteiger partial charge in [0, 0.05) is 7.11 Å². The number of rotatable bonds is 2. The molecule has 5 heteroatoms. The lowest BCUT2D eigenvalue weighted by molar-refractivity contribution is -0.451. The van der Waals surface area contributed by atoms with E-state index in [2.05, 4.69) is 0 Å². The Morgan fingerprint density at radius 1 is 0.889 bits per heavy atom. The molecule has 0 aliphatic carbocycles. The highest BCUT2D eigenvalue weighted by molar-refractivity contribution is 5.21. The molecule has 0 aromatic carbocycles. The molecule has 5 unspecified atom stereocenters. The lowest BCUT2D eigenvalue weighted by atomic mass is 9.60. The van der Waals surface area contributed by atoms with Crippen molar-refractivity contribution in [3.05, 3.63) is 0 Å². The molecule has 1 aliphatic rings. The van der Waals surface area contributed by atoms with Crippen LogP contribution >= 0.6 is 0 Å². The molecule has 5 nitrogen and oxygen atoms in total. The van der Waals surface area contributed by atoms with Gasteiger partial charge in [-0.05, 0) is 41.0 Å². The molecule has 0 radical (unpaired) electrons. The van der Waals surface area contributed by atoms with E-state index in [1.54, 1.807) is 13.8 Å². The van der Waals surface area contributed by atoms with Crippen LogP contribution in [0.3, 0.4) is 0 Å². The van der Waals surface area contributed by atoms with Gasteiger partial charge in [0.1, 0.15) is 16.8 Å². The smallest absolute Gasteiger partial charge is 0.197 e. The molecular formula is C13H26O5. The van der Waals surface area contributed by atoms with Crippen molar-refractivity contribution in [1.82, 2.24) is 0 Å². The zero-order valence-electron chi connectivity index (χ0n) is 12.4. The van der Waals surface area contributed by atoms with Gasteiger partial charge in [-0.2, -0.15) is 0 Å². The molecule has 1 aliphatic heterocycles. The zero-order chi connectivity index (χ0) is 14.6. The van der Waals surface area contributed by atoms with E-state index in [1.165, 1.54) is 27.9 Å². The van der Waals surface area contributed by atoms with Crippen LogP contribution in [0.15, 0.2) is 0 Å². The van der Waals surface area contributed by atoms with E-state index in [0.717, 1.165) is 0 Å². The summed E-state index contributed by atoms with van der Waals surface area (Å²) >= 11 is 0. The Hall–Kier alpha value is -0.200. The summed E-state index contributed by atoms with van der Waals surface area (Å²) in [6.45, 7) is 9.39. The fraction of sp³-hybridized carbons (Fsp3) is 1.00. The normalized spacial score (nSPS) is 57.7. The fourth-order valence-corrected chi connectivity index (χ4v) is 2.72. The molecule has 0 saturated carbocycles. The lowest BCUT2D eigenvalue weighted by Gasteiger charge is -2.65. The Kier molecular flexibility index (Phi) is 3.43. The molecule has 18 heavy (non-hydrogen) atoms. The summed E-state index contributed by atoms with van der Waals surface area (Å²) in [5.41, 5.74) is -6.24. The Morgan fingerprint density at radius 2 is 1.33 bits per heavy atom. The Bertz CT molecular complexity index is 306. The summed E-state index contributed by atoms with van der Waals surface area (Å²) < 4.78 is 11.1. The molecular weight excluding hydrogens is 236 g/mol. The van der Waals surface area contributed by atoms with Gasteiger partial charge in [-0.25, -0.2) is 0 Å². The second-order valence-electron chi connectivity index (χ2n) is 6.05. The van der Waals surface area contributed by atoms with Crippen LogP contribution < -0.4 is 0 Å². The minimum atomic E-state index is -1.80. The van der Waals surface area contributed by atoms with Gasteiger partial charge in [-0.1, -0.05) is 6.92 Å². The minimum Gasteiger partial charge on any atom is -0.384 e. The first-order valence-electron chi connectivity index (χ1n) is 6.25. The monoisotopic (exact) mass is 262 g/mol. The van der Waals surface area contributed by atoms with E-state index in [1.807, 2.05) is 6.92 Å². The van der Waals surface area contributed by atoms with Crippen molar-refractivity contribution >= 4 is 0 Å². The van der Waals surface area contributed by atoms with Crippen LogP contribution in [0.25, 0.3) is 0 Å². The van der Waals surface area contributed by atoms with Crippen LogP contribution in [0, 0.1) is 0 Å². The molecule has 1 saturated heterocycles. The SMILES string of the molecule is CCC1(C)OC(C)(OC)C(C)(O)C(C)(O)C1(C)O. The van der Waals surface area contributed by atoms with Crippen LogP contribution in [-0.4, -0.2) is 50.6 Å². The molecule has 0 spiro atoms. The largest absolute Gasteiger partial charge is 0.384 e. The van der Waals surface area contributed by atoms with E-state index in [-0.39, 0.29) is 0 Å². The van der Waals surface area contributed by atoms with E-state index in [4.69, 9.17) is 9.47 Å². The van der Waals surface area contributed by atoms with E-state index >= 15 is 0 Å². The highest BCUT2D eigenvalue weighted by atomic mass is 16.7. The summed E-state index contributed by atoms with van der Waals surface area (Å²) in [6, 6.07) is 0. The summed E-state index contributed by atoms with van der Waals surface area (Å²) in [7, 11) is 1.40. The van der Waals surface area contributed by atoms with Crippen molar-refractivity contribution in [3.8, 4) is 0 Å². The van der Waals surface area contributed by atoms with Crippen molar-refractivity contribution in [2.75, 3.05) is 7.11 Å². The van der Waals surface area contributed by atoms with Gasteiger partial charge in [0.15, 0.2) is 5.79 Å². The van der Waals surface area contributed by atoms with Crippen molar-refractivity contribution in [2.24, 2.45) is 0 Å². The second kappa shape index (κ2) is 3.90. The maximum absolute atomic E-state index is 10.7. The van der Waals surface area contributed by atoms with Crippen molar-refractivity contribution in [3.63, 3.8) is 0 Å². The van der Waals surface area contributed by atoms with Gasteiger partial charge in [0.05, 0.1) is 5.60 Å². The minimum absolute atomic E-state index is 0.463. The summed E-state index contributed by atoms with van der Waals surface area (Å²) in [6.07, 6.45) is 0.463. The first kappa shape index (κ1) is 15.9. The van der Waals surface area contributed by atoms with Crippen molar-refractivity contribution in [2.45, 2.75) is 76.2 Å². The average Bonchev–Trinajstić information content (AvgIpc) is 2.26. The van der Waals surface area contributed by atoms with Crippen molar-refractivity contribution < 1.29 is 24.8 Å². The first-order chi connectivity index (χ1) is 7.83. The maximum atomic E-state index is 10.7. The van der Waals surface area contributed by atoms with Crippen molar-refractivity contribution in [1.29, 1.82) is 0 Å². The highest BCUT2D eigenvalue weighted by Gasteiger charge is 2.73. The Balaban J connectivity index is 3.49. The topological polar surface area (TPSA) is 79.2 Å². The van der Waals surface area contributed by atoms with Gasteiger partial charge < -0.3 is 24.8 Å². The third-order valence-corrected chi connectivity index (χ3v) is 5.29. The quantitative estimate of drug-likeness (QED) is 0.686.